The number of hydrogen-bond donors (Lipinski definition) is 0. The number of Topliss-reactive ketones (excluding diaryl/α,β-unsaturated/α-hetero) is 1. The molecule has 1 rings (SSSR count). The average Bonchev–Trinajstić information content (AvgIpc) is 2.33. The molecule has 0 N–H and O–H groups in total. The minimum Gasteiger partial charge on any atom is -0.406 e. The summed E-state index contributed by atoms with van der Waals surface area (Å²) in [4.78, 5) is 12.0. The smallest absolute Gasteiger partial charge is 0.237 e. The van der Waals surface area contributed by atoms with Crippen molar-refractivity contribution in [2.24, 2.45) is 0 Å². The third-order valence-corrected chi connectivity index (χ3v) is 9.05. The van der Waals surface area contributed by atoms with Crippen molar-refractivity contribution in [1.82, 2.24) is 0 Å². The first kappa shape index (κ1) is 17.4. The highest BCUT2D eigenvalue weighted by Gasteiger charge is 2.36. The summed E-state index contributed by atoms with van der Waals surface area (Å²) in [5.74, 6) is 5.37. The highest BCUT2D eigenvalue weighted by molar-refractivity contribution is 14.1. The average molecular weight is 400 g/mol. The molecule has 1 aromatic rings. The molecule has 0 aromatic heterocycles. The van der Waals surface area contributed by atoms with Gasteiger partial charge in [-0.3, -0.25) is 4.79 Å². The molecule has 0 atom stereocenters. The van der Waals surface area contributed by atoms with Crippen molar-refractivity contribution in [2.45, 2.75) is 38.9 Å². The van der Waals surface area contributed by atoms with Crippen LogP contribution in [0.15, 0.2) is 24.3 Å². The molecule has 20 heavy (non-hydrogen) atoms. The van der Waals surface area contributed by atoms with Crippen molar-refractivity contribution >= 4 is 36.7 Å². The van der Waals surface area contributed by atoms with Crippen molar-refractivity contribution in [1.29, 1.82) is 0 Å². The van der Waals surface area contributed by atoms with Gasteiger partial charge in [0.1, 0.15) is 0 Å². The molecule has 0 heterocycles. The van der Waals surface area contributed by atoms with Gasteiger partial charge in [0.05, 0.1) is 6.61 Å². The standard InChI is InChI=1S/C16H21IO2Si/c1-16(2,3)20(4,5)19-12-8-11-15(18)13-9-6-7-10-14(13)17/h6-7,9-10H,12H2,1-5H3. The zero-order valence-corrected chi connectivity index (χ0v) is 15.9. The van der Waals surface area contributed by atoms with Crippen LogP contribution in [0.2, 0.25) is 18.1 Å². The van der Waals surface area contributed by atoms with Crippen molar-refractivity contribution in [3.05, 3.63) is 33.4 Å². The van der Waals surface area contributed by atoms with Crippen molar-refractivity contribution in [3.8, 4) is 11.8 Å². The van der Waals surface area contributed by atoms with Crippen molar-refractivity contribution in [3.63, 3.8) is 0 Å². The normalized spacial score (nSPS) is 11.7. The van der Waals surface area contributed by atoms with Crippen molar-refractivity contribution in [2.75, 3.05) is 6.61 Å². The molecule has 0 spiro atoms. The summed E-state index contributed by atoms with van der Waals surface area (Å²) in [6.45, 7) is 11.2. The van der Waals surface area contributed by atoms with Crippen LogP contribution >= 0.6 is 22.6 Å². The Morgan fingerprint density at radius 2 is 1.90 bits per heavy atom. The van der Waals surface area contributed by atoms with E-state index in [1.165, 1.54) is 0 Å². The van der Waals surface area contributed by atoms with Gasteiger partial charge in [-0.25, -0.2) is 0 Å². The Morgan fingerprint density at radius 1 is 1.30 bits per heavy atom. The number of carbonyl (C=O) groups excluding carboxylic acids is 1. The molecule has 0 saturated carbocycles. The van der Waals surface area contributed by atoms with Gasteiger partial charge in [0.2, 0.25) is 5.78 Å². The summed E-state index contributed by atoms with van der Waals surface area (Å²) >= 11 is 2.15. The van der Waals surface area contributed by atoms with Crippen LogP contribution in [0.25, 0.3) is 0 Å². The molecule has 0 aliphatic rings. The van der Waals surface area contributed by atoms with Crippen LogP contribution in [0.1, 0.15) is 31.1 Å². The topological polar surface area (TPSA) is 26.3 Å². The Balaban J connectivity index is 2.65. The molecule has 2 nitrogen and oxygen atoms in total. The lowest BCUT2D eigenvalue weighted by Crippen LogP contribution is -2.40. The first-order valence-electron chi connectivity index (χ1n) is 6.57. The highest BCUT2D eigenvalue weighted by atomic mass is 127. The number of hydrogen-bond acceptors (Lipinski definition) is 2. The molecule has 108 valence electrons. The second-order valence-corrected chi connectivity index (χ2v) is 12.1. The van der Waals surface area contributed by atoms with E-state index < -0.39 is 8.32 Å². The van der Waals surface area contributed by atoms with Crippen LogP contribution < -0.4 is 0 Å². The molecule has 1 aromatic carbocycles. The highest BCUT2D eigenvalue weighted by Crippen LogP contribution is 2.36. The minimum absolute atomic E-state index is 0.145. The predicted octanol–water partition coefficient (Wildman–Crippen LogP) is 4.50. The fraction of sp³-hybridized carbons (Fsp3) is 0.438. The van der Waals surface area contributed by atoms with E-state index in [2.05, 4.69) is 68.3 Å². The van der Waals surface area contributed by atoms with Crippen LogP contribution in [0.4, 0.5) is 0 Å². The summed E-state index contributed by atoms with van der Waals surface area (Å²) in [6.07, 6.45) is 0. The molecule has 0 fully saturated rings. The summed E-state index contributed by atoms with van der Waals surface area (Å²) in [5.41, 5.74) is 0.660. The molecular formula is C16H21IO2Si. The molecule has 0 unspecified atom stereocenters. The first-order valence-corrected chi connectivity index (χ1v) is 10.6. The van der Waals surface area contributed by atoms with E-state index in [-0.39, 0.29) is 10.8 Å². The zero-order valence-electron chi connectivity index (χ0n) is 12.7. The molecule has 4 heteroatoms. The Kier molecular flexibility index (Phi) is 5.99. The Morgan fingerprint density at radius 3 is 2.45 bits per heavy atom. The summed E-state index contributed by atoms with van der Waals surface area (Å²) in [5, 5.41) is 0.160. The lowest BCUT2D eigenvalue weighted by Gasteiger charge is -2.35. The number of carbonyl (C=O) groups is 1. The van der Waals surface area contributed by atoms with E-state index in [9.17, 15) is 4.79 Å². The molecule has 0 bridgehead atoms. The van der Waals surface area contributed by atoms with E-state index in [4.69, 9.17) is 4.43 Å². The summed E-state index contributed by atoms with van der Waals surface area (Å²) in [7, 11) is -1.78. The maximum atomic E-state index is 12.0. The van der Waals surface area contributed by atoms with Gasteiger partial charge in [0.15, 0.2) is 8.32 Å². The third kappa shape index (κ3) is 4.72. The Labute approximate surface area is 136 Å². The van der Waals surface area contributed by atoms with Gasteiger partial charge in [-0.15, -0.1) is 0 Å². The minimum atomic E-state index is -1.78. The zero-order chi connectivity index (χ0) is 15.4. The lowest BCUT2D eigenvalue weighted by molar-refractivity contribution is 0.105. The molecular weight excluding hydrogens is 379 g/mol. The molecule has 0 saturated heterocycles. The molecule has 0 radical (unpaired) electrons. The Hall–Kier alpha value is -0.643. The van der Waals surface area contributed by atoms with Gasteiger partial charge >= 0.3 is 0 Å². The number of ketones is 1. The van der Waals surface area contributed by atoms with Gasteiger partial charge in [-0.1, -0.05) is 38.8 Å². The Bertz CT molecular complexity index is 548. The van der Waals surface area contributed by atoms with Gasteiger partial charge < -0.3 is 4.43 Å². The second-order valence-electron chi connectivity index (χ2n) is 6.16. The SMILES string of the molecule is CC(C)(C)[Si](C)(C)OCC#CC(=O)c1ccccc1I. The number of benzene rings is 1. The van der Waals surface area contributed by atoms with E-state index in [1.807, 2.05) is 18.2 Å². The second kappa shape index (κ2) is 6.88. The fourth-order valence-electron chi connectivity index (χ4n) is 1.26. The van der Waals surface area contributed by atoms with Crippen LogP contribution in [-0.4, -0.2) is 20.7 Å². The molecule has 0 aliphatic carbocycles. The summed E-state index contributed by atoms with van der Waals surface area (Å²) < 4.78 is 6.85. The van der Waals surface area contributed by atoms with Gasteiger partial charge in [0, 0.05) is 9.13 Å². The van der Waals surface area contributed by atoms with Gasteiger partial charge in [-0.05, 0) is 58.8 Å². The molecule has 0 amide bonds. The van der Waals surface area contributed by atoms with Crippen LogP contribution in [-0.2, 0) is 4.43 Å². The third-order valence-electron chi connectivity index (χ3n) is 3.63. The lowest BCUT2D eigenvalue weighted by atomic mass is 10.1. The van der Waals surface area contributed by atoms with Gasteiger partial charge in [0.25, 0.3) is 0 Å². The quantitative estimate of drug-likeness (QED) is 0.246. The largest absolute Gasteiger partial charge is 0.406 e. The van der Waals surface area contributed by atoms with Crippen molar-refractivity contribution < 1.29 is 9.22 Å². The maximum absolute atomic E-state index is 12.0. The van der Waals surface area contributed by atoms with E-state index in [1.54, 1.807) is 6.07 Å². The van der Waals surface area contributed by atoms with Crippen LogP contribution in [0.5, 0.6) is 0 Å². The van der Waals surface area contributed by atoms with E-state index >= 15 is 0 Å². The number of halogens is 1. The van der Waals surface area contributed by atoms with Gasteiger partial charge in [-0.2, -0.15) is 0 Å². The fourth-order valence-corrected chi connectivity index (χ4v) is 2.76. The maximum Gasteiger partial charge on any atom is 0.237 e. The monoisotopic (exact) mass is 400 g/mol. The van der Waals surface area contributed by atoms with Crippen LogP contribution in [0, 0.1) is 15.4 Å². The van der Waals surface area contributed by atoms with E-state index in [0.717, 1.165) is 3.57 Å². The molecule has 0 aliphatic heterocycles. The van der Waals surface area contributed by atoms with Crippen LogP contribution in [0.3, 0.4) is 0 Å². The first-order chi connectivity index (χ1) is 9.15. The van der Waals surface area contributed by atoms with E-state index in [0.29, 0.717) is 12.2 Å². The predicted molar refractivity (Wildman–Crippen MR) is 94.4 cm³/mol. The number of rotatable bonds is 3. The summed E-state index contributed by atoms with van der Waals surface area (Å²) in [6, 6.07) is 7.46.